The molecule has 1 heterocycles. The van der Waals surface area contributed by atoms with E-state index in [-0.39, 0.29) is 12.6 Å². The van der Waals surface area contributed by atoms with Crippen LogP contribution >= 0.6 is 0 Å². The van der Waals surface area contributed by atoms with Crippen LogP contribution in [0.15, 0.2) is 0 Å². The first kappa shape index (κ1) is 18.7. The summed E-state index contributed by atoms with van der Waals surface area (Å²) in [4.78, 5) is 26.8. The fraction of sp³-hybridized carbons (Fsp3) is 0.765. The summed E-state index contributed by atoms with van der Waals surface area (Å²) in [5.74, 6) is 2.22. The molecule has 124 valence electrons. The normalized spacial score (nSPS) is 15.5. The average molecular weight is 308 g/mol. The van der Waals surface area contributed by atoms with Gasteiger partial charge in [0.05, 0.1) is 6.42 Å². The summed E-state index contributed by atoms with van der Waals surface area (Å²) in [5.41, 5.74) is 0. The Labute approximate surface area is 134 Å². The Bertz CT molecular complexity index is 359. The highest BCUT2D eigenvalue weighted by Crippen LogP contribution is 2.08. The van der Waals surface area contributed by atoms with E-state index >= 15 is 0 Å². The summed E-state index contributed by atoms with van der Waals surface area (Å²) in [5, 5.41) is 0. The molecule has 0 N–H and O–H groups in total. The van der Waals surface area contributed by atoms with Crippen LogP contribution in [0, 0.1) is 12.3 Å². The van der Waals surface area contributed by atoms with Gasteiger partial charge in [-0.05, 0) is 25.9 Å². The molecule has 0 radical (unpaired) electrons. The van der Waals surface area contributed by atoms with Crippen molar-refractivity contribution in [3.63, 3.8) is 0 Å². The molecule has 1 rings (SSSR count). The smallest absolute Gasteiger partial charge is 0.307 e. The highest BCUT2D eigenvalue weighted by molar-refractivity contribution is 5.69. The van der Waals surface area contributed by atoms with Gasteiger partial charge in [0.25, 0.3) is 0 Å². The minimum atomic E-state index is -0.218. The first-order valence-electron chi connectivity index (χ1n) is 8.23. The number of likely N-dealkylation sites (tertiary alicyclic amines) is 1. The van der Waals surface area contributed by atoms with E-state index in [4.69, 9.17) is 11.2 Å². The lowest BCUT2D eigenvalue weighted by Gasteiger charge is -2.29. The second kappa shape index (κ2) is 12.2. The van der Waals surface area contributed by atoms with Crippen LogP contribution in [0.3, 0.4) is 0 Å². The predicted molar refractivity (Wildman–Crippen MR) is 86.4 cm³/mol. The van der Waals surface area contributed by atoms with Gasteiger partial charge in [-0.15, -0.1) is 12.3 Å². The molecule has 5 heteroatoms. The number of terminal acetylenes is 1. The van der Waals surface area contributed by atoms with Crippen molar-refractivity contribution in [1.82, 2.24) is 9.80 Å². The van der Waals surface area contributed by atoms with E-state index in [2.05, 4.69) is 15.7 Å². The van der Waals surface area contributed by atoms with Crippen LogP contribution in [0.4, 0.5) is 0 Å². The molecule has 1 saturated heterocycles. The summed E-state index contributed by atoms with van der Waals surface area (Å²) in [6, 6.07) is 0. The molecule has 0 bridgehead atoms. The maximum atomic E-state index is 11.6. The first-order valence-corrected chi connectivity index (χ1v) is 8.23. The van der Waals surface area contributed by atoms with Gasteiger partial charge in [-0.1, -0.05) is 6.42 Å². The highest BCUT2D eigenvalue weighted by atomic mass is 16.5. The van der Waals surface area contributed by atoms with Gasteiger partial charge in [-0.25, -0.2) is 0 Å². The fourth-order valence-electron chi connectivity index (χ4n) is 2.58. The Hall–Kier alpha value is -1.38. The summed E-state index contributed by atoms with van der Waals surface area (Å²) < 4.78 is 5.04. The molecule has 0 aromatic carbocycles. The van der Waals surface area contributed by atoms with E-state index in [1.807, 2.05) is 0 Å². The molecule has 1 fully saturated rings. The highest BCUT2D eigenvalue weighted by Gasteiger charge is 2.13. The predicted octanol–water partition coefficient (Wildman–Crippen LogP) is 1.32. The maximum absolute atomic E-state index is 11.6. The molecule has 0 aromatic rings. The molecule has 0 aliphatic carbocycles. The molecule has 5 nitrogen and oxygen atoms in total. The minimum Gasteiger partial charge on any atom is -0.465 e. The third-order valence-corrected chi connectivity index (χ3v) is 3.89. The van der Waals surface area contributed by atoms with E-state index in [0.29, 0.717) is 32.4 Å². The number of carbonyl (C=O) groups excluding carboxylic acids is 2. The van der Waals surface area contributed by atoms with E-state index in [0.717, 1.165) is 32.5 Å². The van der Waals surface area contributed by atoms with E-state index in [1.165, 1.54) is 19.3 Å². The largest absolute Gasteiger partial charge is 0.465 e. The van der Waals surface area contributed by atoms with Crippen molar-refractivity contribution in [3.05, 3.63) is 0 Å². The van der Waals surface area contributed by atoms with Crippen LogP contribution in [0.1, 0.15) is 38.5 Å². The fourth-order valence-corrected chi connectivity index (χ4v) is 2.58. The number of piperidine rings is 1. The Morgan fingerprint density at radius 1 is 1.23 bits per heavy atom. The van der Waals surface area contributed by atoms with Crippen molar-refractivity contribution < 1.29 is 14.3 Å². The molecule has 0 unspecified atom stereocenters. The van der Waals surface area contributed by atoms with Gasteiger partial charge >= 0.3 is 5.97 Å². The lowest BCUT2D eigenvalue weighted by atomic mass is 10.1. The number of ether oxygens (including phenoxy) is 1. The van der Waals surface area contributed by atoms with E-state index in [1.54, 1.807) is 0 Å². The molecular weight excluding hydrogens is 280 g/mol. The van der Waals surface area contributed by atoms with Crippen LogP contribution in [-0.4, -0.2) is 67.9 Å². The third-order valence-electron chi connectivity index (χ3n) is 3.89. The van der Waals surface area contributed by atoms with Gasteiger partial charge in [0.15, 0.2) is 0 Å². The van der Waals surface area contributed by atoms with Crippen molar-refractivity contribution in [2.24, 2.45) is 0 Å². The second-order valence-electron chi connectivity index (χ2n) is 5.62. The van der Waals surface area contributed by atoms with Crippen molar-refractivity contribution in [2.45, 2.75) is 38.5 Å². The molecule has 0 saturated carbocycles. The van der Waals surface area contributed by atoms with Crippen molar-refractivity contribution in [3.8, 4) is 12.3 Å². The van der Waals surface area contributed by atoms with Gasteiger partial charge in [0.1, 0.15) is 12.9 Å². The van der Waals surface area contributed by atoms with Crippen LogP contribution in [0.5, 0.6) is 0 Å². The third kappa shape index (κ3) is 8.81. The van der Waals surface area contributed by atoms with Gasteiger partial charge in [0, 0.05) is 39.0 Å². The quantitative estimate of drug-likeness (QED) is 0.249. The van der Waals surface area contributed by atoms with E-state index < -0.39 is 0 Å². The monoisotopic (exact) mass is 308 g/mol. The number of esters is 1. The van der Waals surface area contributed by atoms with Crippen molar-refractivity contribution in [1.29, 1.82) is 0 Å². The Kier molecular flexibility index (Phi) is 10.3. The molecule has 0 amide bonds. The number of carbonyl (C=O) groups is 2. The molecule has 22 heavy (non-hydrogen) atoms. The molecule has 1 aliphatic rings. The number of hydrogen-bond acceptors (Lipinski definition) is 5. The topological polar surface area (TPSA) is 49.9 Å². The van der Waals surface area contributed by atoms with Crippen molar-refractivity contribution in [2.75, 3.05) is 45.9 Å². The van der Waals surface area contributed by atoms with Crippen LogP contribution < -0.4 is 0 Å². The van der Waals surface area contributed by atoms with Crippen LogP contribution in [-0.2, 0) is 14.3 Å². The zero-order valence-electron chi connectivity index (χ0n) is 13.5. The zero-order chi connectivity index (χ0) is 16.0. The van der Waals surface area contributed by atoms with Crippen molar-refractivity contribution >= 4 is 12.3 Å². The molecule has 0 atom stereocenters. The molecular formula is C17H28N2O3. The molecule has 1 aliphatic heterocycles. The Morgan fingerprint density at radius 2 is 2.00 bits per heavy atom. The summed E-state index contributed by atoms with van der Waals surface area (Å²) in [7, 11) is 0. The second-order valence-corrected chi connectivity index (χ2v) is 5.62. The summed E-state index contributed by atoms with van der Waals surface area (Å²) >= 11 is 0. The van der Waals surface area contributed by atoms with Gasteiger partial charge in [0.2, 0.25) is 0 Å². The molecule has 0 aromatic heterocycles. The lowest BCUT2D eigenvalue weighted by molar-refractivity contribution is -0.143. The SMILES string of the molecule is C#CCCOC(=O)CCN(CCC=O)CCN1CCCCC1. The number of hydrogen-bond donors (Lipinski definition) is 0. The number of nitrogens with zero attached hydrogens (tertiary/aromatic N) is 2. The zero-order valence-corrected chi connectivity index (χ0v) is 13.5. The van der Waals surface area contributed by atoms with E-state index in [9.17, 15) is 9.59 Å². The van der Waals surface area contributed by atoms with Crippen LogP contribution in [0.2, 0.25) is 0 Å². The van der Waals surface area contributed by atoms with Crippen LogP contribution in [0.25, 0.3) is 0 Å². The molecule has 0 spiro atoms. The maximum Gasteiger partial charge on any atom is 0.307 e. The lowest BCUT2D eigenvalue weighted by Crippen LogP contribution is -2.39. The summed E-state index contributed by atoms with van der Waals surface area (Å²) in [6.07, 6.45) is 11.2. The van der Waals surface area contributed by atoms with Gasteiger partial charge in [-0.3, -0.25) is 4.79 Å². The standard InChI is InChI=1S/C17H28N2O3/c1-2-3-16-22-17(21)8-12-19(11-7-15-20)14-13-18-9-5-4-6-10-18/h1,15H,3-14,16H2. The first-order chi connectivity index (χ1) is 10.8. The Morgan fingerprint density at radius 3 is 2.68 bits per heavy atom. The number of rotatable bonds is 11. The minimum absolute atomic E-state index is 0.218. The Balaban J connectivity index is 2.24. The van der Waals surface area contributed by atoms with Gasteiger partial charge < -0.3 is 19.3 Å². The average Bonchev–Trinajstić information content (AvgIpc) is 2.55. The number of aldehydes is 1. The van der Waals surface area contributed by atoms with Gasteiger partial charge in [-0.2, -0.15) is 0 Å². The summed E-state index contributed by atoms with van der Waals surface area (Å²) in [6.45, 7) is 5.85.